The first kappa shape index (κ1) is 18.1. The standard InChI is InChI=1S/C21H24N2O3/c1-2-26-21(25)17-11-5-6-13-19(17)23-20(24)16-10-4-3-9-15(16)18-12-7-8-14-22-18/h3-6,9-11,13,18,22H,2,7-8,12,14H2,1H3,(H,23,24). The molecule has 1 saturated heterocycles. The third-order valence-electron chi connectivity index (χ3n) is 4.56. The van der Waals surface area contributed by atoms with E-state index in [1.165, 1.54) is 0 Å². The van der Waals surface area contributed by atoms with Gasteiger partial charge in [0.25, 0.3) is 5.91 Å². The predicted octanol–water partition coefficient (Wildman–Crippen LogP) is 3.93. The molecule has 1 aliphatic rings. The highest BCUT2D eigenvalue weighted by molar-refractivity contribution is 6.08. The number of ether oxygens (including phenoxy) is 1. The summed E-state index contributed by atoms with van der Waals surface area (Å²) in [7, 11) is 0. The third kappa shape index (κ3) is 4.11. The molecule has 1 atom stereocenters. The number of benzene rings is 2. The van der Waals surface area contributed by atoms with Crippen LogP contribution in [-0.4, -0.2) is 25.0 Å². The van der Waals surface area contributed by atoms with Crippen molar-refractivity contribution in [3.05, 3.63) is 65.2 Å². The normalized spacial score (nSPS) is 16.7. The van der Waals surface area contributed by atoms with Crippen LogP contribution in [0.3, 0.4) is 0 Å². The number of amides is 1. The molecule has 1 amide bonds. The highest BCUT2D eigenvalue weighted by Gasteiger charge is 2.22. The van der Waals surface area contributed by atoms with Gasteiger partial charge in [-0.1, -0.05) is 36.8 Å². The molecule has 0 aliphatic carbocycles. The second-order valence-electron chi connectivity index (χ2n) is 6.31. The minimum absolute atomic E-state index is 0.186. The number of carbonyl (C=O) groups excluding carboxylic acids is 2. The number of hydrogen-bond donors (Lipinski definition) is 2. The molecule has 5 nitrogen and oxygen atoms in total. The molecular formula is C21H24N2O3. The molecule has 0 bridgehead atoms. The fraction of sp³-hybridized carbons (Fsp3) is 0.333. The maximum absolute atomic E-state index is 12.9. The van der Waals surface area contributed by atoms with Crippen molar-refractivity contribution in [2.45, 2.75) is 32.2 Å². The zero-order valence-electron chi connectivity index (χ0n) is 15.0. The number of hydrogen-bond acceptors (Lipinski definition) is 4. The van der Waals surface area contributed by atoms with Crippen LogP contribution in [0, 0.1) is 0 Å². The van der Waals surface area contributed by atoms with Gasteiger partial charge in [-0.05, 0) is 50.1 Å². The van der Waals surface area contributed by atoms with E-state index in [1.807, 2.05) is 24.3 Å². The molecule has 136 valence electrons. The van der Waals surface area contributed by atoms with Crippen molar-refractivity contribution in [2.24, 2.45) is 0 Å². The number of para-hydroxylation sites is 1. The summed E-state index contributed by atoms with van der Waals surface area (Å²) < 4.78 is 5.07. The quantitative estimate of drug-likeness (QED) is 0.800. The SMILES string of the molecule is CCOC(=O)c1ccccc1NC(=O)c1ccccc1C1CCCCN1. The average molecular weight is 352 g/mol. The molecule has 0 aromatic heterocycles. The Morgan fingerprint density at radius 2 is 1.81 bits per heavy atom. The monoisotopic (exact) mass is 352 g/mol. The van der Waals surface area contributed by atoms with Gasteiger partial charge in [0.15, 0.2) is 0 Å². The van der Waals surface area contributed by atoms with Gasteiger partial charge in [-0.3, -0.25) is 4.79 Å². The van der Waals surface area contributed by atoms with Crippen molar-refractivity contribution in [1.82, 2.24) is 5.32 Å². The molecule has 2 aromatic rings. The van der Waals surface area contributed by atoms with Crippen molar-refractivity contribution in [2.75, 3.05) is 18.5 Å². The van der Waals surface area contributed by atoms with Crippen LogP contribution in [0.5, 0.6) is 0 Å². The van der Waals surface area contributed by atoms with Gasteiger partial charge in [-0.2, -0.15) is 0 Å². The van der Waals surface area contributed by atoms with Gasteiger partial charge in [0.1, 0.15) is 0 Å². The van der Waals surface area contributed by atoms with Crippen LogP contribution in [0.4, 0.5) is 5.69 Å². The summed E-state index contributed by atoms with van der Waals surface area (Å²) in [6.07, 6.45) is 3.33. The van der Waals surface area contributed by atoms with Crippen molar-refractivity contribution in [3.63, 3.8) is 0 Å². The van der Waals surface area contributed by atoms with Crippen LogP contribution < -0.4 is 10.6 Å². The van der Waals surface area contributed by atoms with E-state index < -0.39 is 5.97 Å². The van der Waals surface area contributed by atoms with Crippen molar-refractivity contribution in [1.29, 1.82) is 0 Å². The van der Waals surface area contributed by atoms with Crippen LogP contribution in [0.25, 0.3) is 0 Å². The van der Waals surface area contributed by atoms with Crippen molar-refractivity contribution >= 4 is 17.6 Å². The molecule has 26 heavy (non-hydrogen) atoms. The molecule has 1 heterocycles. The summed E-state index contributed by atoms with van der Waals surface area (Å²) >= 11 is 0. The summed E-state index contributed by atoms with van der Waals surface area (Å²) in [5.41, 5.74) is 2.45. The van der Waals surface area contributed by atoms with Crippen molar-refractivity contribution < 1.29 is 14.3 Å². The summed E-state index contributed by atoms with van der Waals surface area (Å²) in [4.78, 5) is 25.0. The second kappa shape index (κ2) is 8.63. The van der Waals surface area contributed by atoms with E-state index in [9.17, 15) is 9.59 Å². The molecule has 0 radical (unpaired) electrons. The van der Waals surface area contributed by atoms with E-state index in [1.54, 1.807) is 31.2 Å². The van der Waals surface area contributed by atoms with E-state index in [0.717, 1.165) is 31.4 Å². The molecule has 0 saturated carbocycles. The lowest BCUT2D eigenvalue weighted by Gasteiger charge is -2.25. The lowest BCUT2D eigenvalue weighted by atomic mass is 9.93. The summed E-state index contributed by atoms with van der Waals surface area (Å²) in [6.45, 7) is 3.01. The number of rotatable bonds is 5. The molecule has 1 unspecified atom stereocenters. The Morgan fingerprint density at radius 3 is 2.54 bits per heavy atom. The smallest absolute Gasteiger partial charge is 0.340 e. The minimum atomic E-state index is -0.439. The van der Waals surface area contributed by atoms with Crippen LogP contribution in [0.2, 0.25) is 0 Å². The molecule has 2 N–H and O–H groups in total. The van der Waals surface area contributed by atoms with Gasteiger partial charge < -0.3 is 15.4 Å². The lowest BCUT2D eigenvalue weighted by molar-refractivity contribution is 0.0527. The summed E-state index contributed by atoms with van der Waals surface area (Å²) in [6, 6.07) is 14.7. The lowest BCUT2D eigenvalue weighted by Crippen LogP contribution is -2.29. The van der Waals surface area contributed by atoms with Gasteiger partial charge in [-0.15, -0.1) is 0 Å². The first-order valence-electron chi connectivity index (χ1n) is 9.10. The average Bonchev–Trinajstić information content (AvgIpc) is 2.69. The van der Waals surface area contributed by atoms with Crippen molar-refractivity contribution in [3.8, 4) is 0 Å². The summed E-state index contributed by atoms with van der Waals surface area (Å²) in [5, 5.41) is 6.36. The van der Waals surface area contributed by atoms with Gasteiger partial charge in [0, 0.05) is 11.6 Å². The zero-order valence-corrected chi connectivity index (χ0v) is 15.0. The number of esters is 1. The van der Waals surface area contributed by atoms with E-state index >= 15 is 0 Å². The van der Waals surface area contributed by atoms with Gasteiger partial charge in [0.05, 0.1) is 17.9 Å². The first-order chi connectivity index (χ1) is 12.7. The second-order valence-corrected chi connectivity index (χ2v) is 6.31. The Hall–Kier alpha value is -2.66. The number of piperidine rings is 1. The Balaban J connectivity index is 1.84. The Morgan fingerprint density at radius 1 is 1.08 bits per heavy atom. The maximum atomic E-state index is 12.9. The molecule has 0 spiro atoms. The predicted molar refractivity (Wildman–Crippen MR) is 101 cm³/mol. The number of carbonyl (C=O) groups is 2. The van der Waals surface area contributed by atoms with E-state index in [-0.39, 0.29) is 18.6 Å². The molecular weight excluding hydrogens is 328 g/mol. The van der Waals surface area contributed by atoms with E-state index in [4.69, 9.17) is 4.74 Å². The topological polar surface area (TPSA) is 67.4 Å². The van der Waals surface area contributed by atoms with Crippen LogP contribution in [0.1, 0.15) is 58.5 Å². The highest BCUT2D eigenvalue weighted by Crippen LogP contribution is 2.27. The number of nitrogens with one attached hydrogen (secondary N) is 2. The summed E-state index contributed by atoms with van der Waals surface area (Å²) in [5.74, 6) is -0.657. The third-order valence-corrected chi connectivity index (χ3v) is 4.56. The van der Waals surface area contributed by atoms with Crippen LogP contribution in [-0.2, 0) is 4.74 Å². The van der Waals surface area contributed by atoms with Crippen LogP contribution >= 0.6 is 0 Å². The fourth-order valence-electron chi connectivity index (χ4n) is 3.29. The largest absolute Gasteiger partial charge is 0.462 e. The van der Waals surface area contributed by atoms with Gasteiger partial charge in [0.2, 0.25) is 0 Å². The molecule has 3 rings (SSSR count). The van der Waals surface area contributed by atoms with E-state index in [0.29, 0.717) is 16.8 Å². The Labute approximate surface area is 153 Å². The minimum Gasteiger partial charge on any atom is -0.462 e. The van der Waals surface area contributed by atoms with Crippen LogP contribution in [0.15, 0.2) is 48.5 Å². The molecule has 2 aromatic carbocycles. The van der Waals surface area contributed by atoms with E-state index in [2.05, 4.69) is 10.6 Å². The maximum Gasteiger partial charge on any atom is 0.340 e. The molecule has 1 fully saturated rings. The number of anilines is 1. The zero-order chi connectivity index (χ0) is 18.4. The Kier molecular flexibility index (Phi) is 6.02. The molecule has 5 heteroatoms. The molecule has 1 aliphatic heterocycles. The first-order valence-corrected chi connectivity index (χ1v) is 9.10. The Bertz CT molecular complexity index is 782. The van der Waals surface area contributed by atoms with Gasteiger partial charge in [-0.25, -0.2) is 4.79 Å². The highest BCUT2D eigenvalue weighted by atomic mass is 16.5. The fourth-order valence-corrected chi connectivity index (χ4v) is 3.29. The van der Waals surface area contributed by atoms with Gasteiger partial charge >= 0.3 is 5.97 Å².